The van der Waals surface area contributed by atoms with Crippen LogP contribution in [0.1, 0.15) is 6.92 Å². The molecule has 0 bridgehead atoms. The zero-order chi connectivity index (χ0) is 13.6. The van der Waals surface area contributed by atoms with Gasteiger partial charge in [0.2, 0.25) is 5.95 Å². The van der Waals surface area contributed by atoms with Crippen molar-refractivity contribution in [1.29, 1.82) is 0 Å². The molecule has 2 aromatic heterocycles. The van der Waals surface area contributed by atoms with Gasteiger partial charge in [-0.05, 0) is 25.1 Å². The van der Waals surface area contributed by atoms with E-state index >= 15 is 0 Å². The van der Waals surface area contributed by atoms with Gasteiger partial charge in [-0.25, -0.2) is 9.50 Å². The minimum Gasteiger partial charge on any atom is -0.480 e. The number of aromatic amines is 1. The van der Waals surface area contributed by atoms with Crippen molar-refractivity contribution in [3.8, 4) is 0 Å². The first-order chi connectivity index (χ1) is 9.04. The number of carboxylic acid groups (broad SMARTS) is 1. The van der Waals surface area contributed by atoms with Crippen LogP contribution in [0.2, 0.25) is 0 Å². The van der Waals surface area contributed by atoms with Gasteiger partial charge in [-0.1, -0.05) is 15.9 Å². The highest BCUT2D eigenvalue weighted by Crippen LogP contribution is 2.20. The van der Waals surface area contributed by atoms with Crippen LogP contribution in [0, 0.1) is 0 Å². The Hall–Kier alpha value is -2.09. The fourth-order valence-corrected chi connectivity index (χ4v) is 2.14. The van der Waals surface area contributed by atoms with Crippen LogP contribution in [0.15, 0.2) is 22.7 Å². The number of anilines is 1. The number of fused-ring (bicyclic) bond motifs is 3. The Balaban J connectivity index is 2.04. The van der Waals surface area contributed by atoms with Crippen LogP contribution < -0.4 is 5.32 Å². The zero-order valence-corrected chi connectivity index (χ0v) is 11.5. The maximum Gasteiger partial charge on any atom is 0.325 e. The molecule has 0 amide bonds. The first-order valence-corrected chi connectivity index (χ1v) is 6.37. The lowest BCUT2D eigenvalue weighted by atomic mass is 10.3. The molecule has 1 aromatic carbocycles. The number of nitrogens with zero attached hydrogens (tertiary/aromatic N) is 3. The van der Waals surface area contributed by atoms with Crippen molar-refractivity contribution in [1.82, 2.24) is 19.6 Å². The topological polar surface area (TPSA) is 95.3 Å². The Bertz CT molecular complexity index is 778. The van der Waals surface area contributed by atoms with E-state index < -0.39 is 12.0 Å². The summed E-state index contributed by atoms with van der Waals surface area (Å²) in [6.07, 6.45) is 0. The van der Waals surface area contributed by atoms with Crippen LogP contribution in [-0.2, 0) is 4.79 Å². The lowest BCUT2D eigenvalue weighted by molar-refractivity contribution is -0.137. The van der Waals surface area contributed by atoms with Crippen LogP contribution in [0.3, 0.4) is 0 Å². The summed E-state index contributed by atoms with van der Waals surface area (Å²) in [6, 6.07) is 4.98. The van der Waals surface area contributed by atoms with Crippen molar-refractivity contribution in [3.05, 3.63) is 22.7 Å². The monoisotopic (exact) mass is 323 g/mol. The third-order valence-electron chi connectivity index (χ3n) is 2.75. The number of halogens is 1. The first-order valence-electron chi connectivity index (χ1n) is 5.57. The number of rotatable bonds is 3. The molecule has 0 aliphatic heterocycles. The summed E-state index contributed by atoms with van der Waals surface area (Å²) >= 11 is 3.38. The Kier molecular flexibility index (Phi) is 2.67. The summed E-state index contributed by atoms with van der Waals surface area (Å²) in [7, 11) is 0. The maximum atomic E-state index is 10.8. The van der Waals surface area contributed by atoms with Gasteiger partial charge in [-0.15, -0.1) is 0 Å². The third kappa shape index (κ3) is 2.03. The number of nitrogens with one attached hydrogen (secondary N) is 2. The maximum absolute atomic E-state index is 10.8. The van der Waals surface area contributed by atoms with Crippen molar-refractivity contribution < 1.29 is 9.90 Å². The molecule has 1 atom stereocenters. The molecule has 3 N–H and O–H groups in total. The Morgan fingerprint density at radius 3 is 3.05 bits per heavy atom. The average Bonchev–Trinajstić information content (AvgIpc) is 2.84. The van der Waals surface area contributed by atoms with E-state index in [1.54, 1.807) is 11.4 Å². The van der Waals surface area contributed by atoms with Crippen molar-refractivity contribution in [3.63, 3.8) is 0 Å². The van der Waals surface area contributed by atoms with Crippen LogP contribution in [0.5, 0.6) is 0 Å². The summed E-state index contributed by atoms with van der Waals surface area (Å²) in [4.78, 5) is 19.3. The van der Waals surface area contributed by atoms with Crippen molar-refractivity contribution in [2.75, 3.05) is 5.32 Å². The number of hydrogen-bond acceptors (Lipinski definition) is 4. The predicted octanol–water partition coefficient (Wildman–Crippen LogP) is 1.86. The molecule has 19 heavy (non-hydrogen) atoms. The van der Waals surface area contributed by atoms with Gasteiger partial charge in [-0.2, -0.15) is 4.98 Å². The normalized spacial score (nSPS) is 12.9. The molecule has 0 aliphatic rings. The molecule has 7 nitrogen and oxygen atoms in total. The van der Waals surface area contributed by atoms with E-state index in [1.807, 2.05) is 18.2 Å². The van der Waals surface area contributed by atoms with E-state index in [0.29, 0.717) is 11.7 Å². The molecule has 0 fully saturated rings. The molecule has 98 valence electrons. The van der Waals surface area contributed by atoms with E-state index in [0.717, 1.165) is 15.5 Å². The second kappa shape index (κ2) is 4.23. The Morgan fingerprint density at radius 2 is 2.32 bits per heavy atom. The van der Waals surface area contributed by atoms with E-state index in [9.17, 15) is 4.79 Å². The number of benzene rings is 1. The van der Waals surface area contributed by atoms with Gasteiger partial charge in [0.05, 0.1) is 11.0 Å². The molecular formula is C11H10BrN5O2. The summed E-state index contributed by atoms with van der Waals surface area (Å²) in [5.41, 5.74) is 1.69. The van der Waals surface area contributed by atoms with Crippen LogP contribution in [-0.4, -0.2) is 36.7 Å². The summed E-state index contributed by atoms with van der Waals surface area (Å²) in [6.45, 7) is 1.54. The number of hydrogen-bond donors (Lipinski definition) is 3. The molecule has 8 heteroatoms. The Morgan fingerprint density at radius 1 is 1.53 bits per heavy atom. The molecule has 0 spiro atoms. The quantitative estimate of drug-likeness (QED) is 0.683. The second-order valence-electron chi connectivity index (χ2n) is 4.16. The third-order valence-corrected chi connectivity index (χ3v) is 3.25. The minimum atomic E-state index is -0.942. The fraction of sp³-hybridized carbons (Fsp3) is 0.182. The second-order valence-corrected chi connectivity index (χ2v) is 5.07. The number of imidazole rings is 1. The highest BCUT2D eigenvalue weighted by atomic mass is 79.9. The lowest BCUT2D eigenvalue weighted by Crippen LogP contribution is -2.26. The van der Waals surface area contributed by atoms with Gasteiger partial charge in [0, 0.05) is 4.47 Å². The van der Waals surface area contributed by atoms with Gasteiger partial charge in [0.15, 0.2) is 0 Å². The van der Waals surface area contributed by atoms with E-state index in [4.69, 9.17) is 5.11 Å². The number of H-pyrrole nitrogens is 1. The smallest absolute Gasteiger partial charge is 0.325 e. The highest BCUT2D eigenvalue weighted by Gasteiger charge is 2.14. The van der Waals surface area contributed by atoms with Gasteiger partial charge in [0.25, 0.3) is 5.78 Å². The standard InChI is InChI=1S/C11H10BrN5O2/c1-5(9(18)19)13-10-15-11-14-7-4-6(12)2-3-8(7)17(11)16-10/h2-5H,1H3,(H,18,19)(H2,13,14,15,16). The molecule has 3 aromatic rings. The van der Waals surface area contributed by atoms with Crippen LogP contribution in [0.4, 0.5) is 5.95 Å². The summed E-state index contributed by atoms with van der Waals surface area (Å²) in [5, 5.41) is 14.6. The van der Waals surface area contributed by atoms with E-state index in [2.05, 4.69) is 36.3 Å². The number of aromatic nitrogens is 4. The largest absolute Gasteiger partial charge is 0.480 e. The molecule has 1 unspecified atom stereocenters. The van der Waals surface area contributed by atoms with Gasteiger partial charge < -0.3 is 10.4 Å². The lowest BCUT2D eigenvalue weighted by Gasteiger charge is -2.06. The zero-order valence-electron chi connectivity index (χ0n) is 9.88. The van der Waals surface area contributed by atoms with Gasteiger partial charge in [-0.3, -0.25) is 9.89 Å². The number of aliphatic carboxylic acids is 1. The number of carbonyl (C=O) groups is 1. The van der Waals surface area contributed by atoms with Crippen molar-refractivity contribution in [2.45, 2.75) is 13.0 Å². The summed E-state index contributed by atoms with van der Waals surface area (Å²) in [5.74, 6) is -0.0711. The summed E-state index contributed by atoms with van der Waals surface area (Å²) < 4.78 is 2.65. The molecular weight excluding hydrogens is 314 g/mol. The van der Waals surface area contributed by atoms with Crippen molar-refractivity contribution in [2.24, 2.45) is 0 Å². The van der Waals surface area contributed by atoms with Gasteiger partial charge in [0.1, 0.15) is 6.04 Å². The molecule has 0 aliphatic carbocycles. The predicted molar refractivity (Wildman–Crippen MR) is 73.3 cm³/mol. The Labute approximate surface area is 115 Å². The fourth-order valence-electron chi connectivity index (χ4n) is 1.79. The van der Waals surface area contributed by atoms with Crippen molar-refractivity contribution >= 4 is 44.7 Å². The minimum absolute atomic E-state index is 0.377. The average molecular weight is 324 g/mol. The highest BCUT2D eigenvalue weighted by molar-refractivity contribution is 9.10. The molecule has 3 rings (SSSR count). The van der Waals surface area contributed by atoms with Gasteiger partial charge >= 0.3 is 5.97 Å². The van der Waals surface area contributed by atoms with Crippen LogP contribution >= 0.6 is 15.9 Å². The number of carboxylic acids is 1. The molecule has 0 saturated heterocycles. The van der Waals surface area contributed by atoms with E-state index in [-0.39, 0.29) is 0 Å². The molecule has 0 radical (unpaired) electrons. The first kappa shape index (κ1) is 12.0. The molecule has 0 saturated carbocycles. The SMILES string of the molecule is CC(Nc1nc2nc3cc(Br)ccc3n2[nH]1)C(=O)O. The molecule has 2 heterocycles. The van der Waals surface area contributed by atoms with Crippen LogP contribution in [0.25, 0.3) is 16.8 Å². The van der Waals surface area contributed by atoms with E-state index in [1.165, 1.54) is 0 Å².